The first-order valence-corrected chi connectivity index (χ1v) is 7.22. The molecule has 1 aromatic heterocycles. The predicted molar refractivity (Wildman–Crippen MR) is 78.1 cm³/mol. The maximum Gasteiger partial charge on any atom is 0.127 e. The molecule has 0 aliphatic heterocycles. The number of nitrogens with one attached hydrogen (secondary N) is 2. The molecule has 100 valence electrons. The average Bonchev–Trinajstić information content (AvgIpc) is 2.87. The quantitative estimate of drug-likeness (QED) is 0.800. The molecule has 1 aliphatic carbocycles. The fraction of sp³-hybridized carbons (Fsp3) is 0.667. The molecule has 0 amide bonds. The number of rotatable bonds is 6. The van der Waals surface area contributed by atoms with Crippen molar-refractivity contribution in [2.24, 2.45) is 5.41 Å². The minimum absolute atomic E-state index is 0.529. The SMILES string of the molecule is CCNc1cc(NCC2(CC)CCCC2)ccn1. The number of pyridine rings is 1. The van der Waals surface area contributed by atoms with Crippen LogP contribution in [0, 0.1) is 5.41 Å². The Morgan fingerprint density at radius 2 is 2.00 bits per heavy atom. The van der Waals surface area contributed by atoms with Crippen molar-refractivity contribution in [3.8, 4) is 0 Å². The Balaban J connectivity index is 1.94. The third kappa shape index (κ3) is 3.15. The Hall–Kier alpha value is -1.25. The Morgan fingerprint density at radius 3 is 2.67 bits per heavy atom. The van der Waals surface area contributed by atoms with E-state index in [1.54, 1.807) is 0 Å². The minimum Gasteiger partial charge on any atom is -0.384 e. The van der Waals surface area contributed by atoms with E-state index < -0.39 is 0 Å². The molecule has 0 bridgehead atoms. The van der Waals surface area contributed by atoms with E-state index in [0.717, 1.165) is 18.9 Å². The van der Waals surface area contributed by atoms with E-state index in [1.165, 1.54) is 37.8 Å². The van der Waals surface area contributed by atoms with Crippen LogP contribution in [0.25, 0.3) is 0 Å². The van der Waals surface area contributed by atoms with Gasteiger partial charge in [-0.05, 0) is 37.7 Å². The Morgan fingerprint density at radius 1 is 1.22 bits per heavy atom. The van der Waals surface area contributed by atoms with E-state index in [4.69, 9.17) is 0 Å². The summed E-state index contributed by atoms with van der Waals surface area (Å²) in [6, 6.07) is 4.15. The van der Waals surface area contributed by atoms with Gasteiger partial charge in [0.1, 0.15) is 5.82 Å². The first-order valence-electron chi connectivity index (χ1n) is 7.22. The summed E-state index contributed by atoms with van der Waals surface area (Å²) >= 11 is 0. The van der Waals surface area contributed by atoms with Crippen LogP contribution in [0.15, 0.2) is 18.3 Å². The molecule has 0 atom stereocenters. The highest BCUT2D eigenvalue weighted by atomic mass is 15.0. The summed E-state index contributed by atoms with van der Waals surface area (Å²) in [5.41, 5.74) is 1.71. The highest BCUT2D eigenvalue weighted by Crippen LogP contribution is 2.40. The smallest absolute Gasteiger partial charge is 0.127 e. The second-order valence-corrected chi connectivity index (χ2v) is 5.37. The van der Waals surface area contributed by atoms with Gasteiger partial charge in [-0.15, -0.1) is 0 Å². The summed E-state index contributed by atoms with van der Waals surface area (Å²) in [6.45, 7) is 6.42. The molecule has 0 radical (unpaired) electrons. The first kappa shape index (κ1) is 13.2. The van der Waals surface area contributed by atoms with Crippen molar-refractivity contribution in [3.63, 3.8) is 0 Å². The van der Waals surface area contributed by atoms with Crippen LogP contribution in [0.1, 0.15) is 46.0 Å². The molecule has 1 fully saturated rings. The molecule has 1 saturated carbocycles. The zero-order chi connectivity index (χ0) is 12.8. The van der Waals surface area contributed by atoms with E-state index >= 15 is 0 Å². The lowest BCUT2D eigenvalue weighted by atomic mass is 9.83. The van der Waals surface area contributed by atoms with Crippen LogP contribution in [0.2, 0.25) is 0 Å². The van der Waals surface area contributed by atoms with Gasteiger partial charge in [-0.25, -0.2) is 4.98 Å². The molecule has 0 unspecified atom stereocenters. The second-order valence-electron chi connectivity index (χ2n) is 5.37. The van der Waals surface area contributed by atoms with Gasteiger partial charge in [0.05, 0.1) is 0 Å². The molecule has 1 aliphatic rings. The van der Waals surface area contributed by atoms with Crippen molar-refractivity contribution in [2.45, 2.75) is 46.0 Å². The fourth-order valence-corrected chi connectivity index (χ4v) is 2.89. The zero-order valence-electron chi connectivity index (χ0n) is 11.6. The number of aromatic nitrogens is 1. The Bertz CT molecular complexity index is 370. The van der Waals surface area contributed by atoms with Crippen LogP contribution < -0.4 is 10.6 Å². The van der Waals surface area contributed by atoms with Crippen molar-refractivity contribution in [2.75, 3.05) is 23.7 Å². The van der Waals surface area contributed by atoms with Gasteiger partial charge in [-0.3, -0.25) is 0 Å². The van der Waals surface area contributed by atoms with E-state index in [9.17, 15) is 0 Å². The largest absolute Gasteiger partial charge is 0.384 e. The van der Waals surface area contributed by atoms with Crippen molar-refractivity contribution in [3.05, 3.63) is 18.3 Å². The van der Waals surface area contributed by atoms with Crippen molar-refractivity contribution in [1.29, 1.82) is 0 Å². The molecule has 3 nitrogen and oxygen atoms in total. The standard InChI is InChI=1S/C15H25N3/c1-3-15(8-5-6-9-15)12-18-13-7-10-17-14(11-13)16-4-2/h7,10-11H,3-6,8-9,12H2,1-2H3,(H2,16,17,18). The molecular formula is C15H25N3. The molecule has 18 heavy (non-hydrogen) atoms. The van der Waals surface area contributed by atoms with Gasteiger partial charge >= 0.3 is 0 Å². The lowest BCUT2D eigenvalue weighted by Crippen LogP contribution is -2.25. The molecule has 1 heterocycles. The fourth-order valence-electron chi connectivity index (χ4n) is 2.89. The minimum atomic E-state index is 0.529. The number of nitrogens with zero attached hydrogens (tertiary/aromatic N) is 1. The number of hydrogen-bond acceptors (Lipinski definition) is 3. The summed E-state index contributed by atoms with van der Waals surface area (Å²) in [6.07, 6.45) is 8.70. The number of hydrogen-bond donors (Lipinski definition) is 2. The van der Waals surface area contributed by atoms with Crippen molar-refractivity contribution >= 4 is 11.5 Å². The van der Waals surface area contributed by atoms with E-state index in [2.05, 4.69) is 41.6 Å². The molecule has 1 aromatic rings. The topological polar surface area (TPSA) is 37.0 Å². The molecule has 2 rings (SSSR count). The first-order chi connectivity index (χ1) is 8.78. The van der Waals surface area contributed by atoms with Gasteiger partial charge < -0.3 is 10.6 Å². The monoisotopic (exact) mass is 247 g/mol. The van der Waals surface area contributed by atoms with Gasteiger partial charge in [-0.1, -0.05) is 19.8 Å². The summed E-state index contributed by atoms with van der Waals surface area (Å²) in [7, 11) is 0. The maximum absolute atomic E-state index is 4.30. The van der Waals surface area contributed by atoms with Gasteiger partial charge in [-0.2, -0.15) is 0 Å². The van der Waals surface area contributed by atoms with E-state index in [-0.39, 0.29) is 0 Å². The molecular weight excluding hydrogens is 222 g/mol. The predicted octanol–water partition coefficient (Wildman–Crippen LogP) is 3.90. The third-order valence-corrected chi connectivity index (χ3v) is 4.20. The molecule has 3 heteroatoms. The van der Waals surface area contributed by atoms with Gasteiger partial charge in [0.25, 0.3) is 0 Å². The normalized spacial score (nSPS) is 17.7. The van der Waals surface area contributed by atoms with Crippen LogP contribution in [-0.4, -0.2) is 18.1 Å². The Labute approximate surface area is 110 Å². The summed E-state index contributed by atoms with van der Waals surface area (Å²) in [5.74, 6) is 0.958. The second kappa shape index (κ2) is 6.07. The van der Waals surface area contributed by atoms with Gasteiger partial charge in [0.2, 0.25) is 0 Å². The maximum atomic E-state index is 4.30. The van der Waals surface area contributed by atoms with Crippen LogP contribution in [0.3, 0.4) is 0 Å². The summed E-state index contributed by atoms with van der Waals surface area (Å²) < 4.78 is 0. The van der Waals surface area contributed by atoms with E-state index in [1.807, 2.05) is 6.20 Å². The van der Waals surface area contributed by atoms with Gasteiger partial charge in [0.15, 0.2) is 0 Å². The van der Waals surface area contributed by atoms with Crippen molar-refractivity contribution in [1.82, 2.24) is 4.98 Å². The number of anilines is 2. The van der Waals surface area contributed by atoms with Crippen molar-refractivity contribution < 1.29 is 0 Å². The van der Waals surface area contributed by atoms with Crippen LogP contribution in [0.4, 0.5) is 11.5 Å². The molecule has 2 N–H and O–H groups in total. The lowest BCUT2D eigenvalue weighted by Gasteiger charge is -2.28. The lowest BCUT2D eigenvalue weighted by molar-refractivity contribution is 0.307. The molecule has 0 aromatic carbocycles. The summed E-state index contributed by atoms with van der Waals surface area (Å²) in [4.78, 5) is 4.30. The van der Waals surface area contributed by atoms with Gasteiger partial charge in [0, 0.05) is 31.0 Å². The average molecular weight is 247 g/mol. The highest BCUT2D eigenvalue weighted by Gasteiger charge is 2.31. The third-order valence-electron chi connectivity index (χ3n) is 4.20. The van der Waals surface area contributed by atoms with Crippen LogP contribution in [-0.2, 0) is 0 Å². The van der Waals surface area contributed by atoms with Crippen LogP contribution >= 0.6 is 0 Å². The molecule has 0 spiro atoms. The Kier molecular flexibility index (Phi) is 4.45. The van der Waals surface area contributed by atoms with Crippen LogP contribution in [0.5, 0.6) is 0 Å². The molecule has 0 saturated heterocycles. The highest BCUT2D eigenvalue weighted by molar-refractivity contribution is 5.51. The van der Waals surface area contributed by atoms with E-state index in [0.29, 0.717) is 5.41 Å². The zero-order valence-corrected chi connectivity index (χ0v) is 11.6. The summed E-state index contributed by atoms with van der Waals surface area (Å²) in [5, 5.41) is 6.85.